The van der Waals surface area contributed by atoms with Crippen LogP contribution >= 0.6 is 0 Å². The number of hydrogen-bond acceptors (Lipinski definition) is 2. The van der Waals surface area contributed by atoms with E-state index in [0.29, 0.717) is 18.4 Å². The SMILES string of the molecule is CCNC(=NCc1ccnn1C)N1CCC(c2ccccc2)C(CC)C1. The Morgan fingerprint density at radius 1 is 1.23 bits per heavy atom. The van der Waals surface area contributed by atoms with E-state index in [9.17, 15) is 0 Å². The van der Waals surface area contributed by atoms with Gasteiger partial charge in [0.05, 0.1) is 12.2 Å². The number of guanidine groups is 1. The molecule has 0 amide bonds. The second-order valence-electron chi connectivity index (χ2n) is 7.04. The number of aromatic nitrogens is 2. The predicted octanol–water partition coefficient (Wildman–Crippen LogP) is 3.40. The highest BCUT2D eigenvalue weighted by atomic mass is 15.3. The number of nitrogens with zero attached hydrogens (tertiary/aromatic N) is 4. The molecule has 0 saturated carbocycles. The zero-order valence-corrected chi connectivity index (χ0v) is 16.2. The summed E-state index contributed by atoms with van der Waals surface area (Å²) in [6.45, 7) is 8.10. The molecule has 1 aromatic carbocycles. The van der Waals surface area contributed by atoms with Crippen molar-refractivity contribution in [3.63, 3.8) is 0 Å². The Kier molecular flexibility index (Phi) is 6.31. The molecule has 1 saturated heterocycles. The van der Waals surface area contributed by atoms with E-state index >= 15 is 0 Å². The quantitative estimate of drug-likeness (QED) is 0.662. The lowest BCUT2D eigenvalue weighted by Gasteiger charge is -2.40. The van der Waals surface area contributed by atoms with Crippen LogP contribution in [0.1, 0.15) is 43.9 Å². The molecule has 3 rings (SSSR count). The Morgan fingerprint density at radius 2 is 2.04 bits per heavy atom. The smallest absolute Gasteiger partial charge is 0.194 e. The fourth-order valence-corrected chi connectivity index (χ4v) is 3.92. The second-order valence-corrected chi connectivity index (χ2v) is 7.04. The Balaban J connectivity index is 1.72. The molecular weight excluding hydrogens is 322 g/mol. The monoisotopic (exact) mass is 353 g/mol. The Hall–Kier alpha value is -2.30. The van der Waals surface area contributed by atoms with E-state index in [1.54, 1.807) is 0 Å². The van der Waals surface area contributed by atoms with Crippen LogP contribution in [0.5, 0.6) is 0 Å². The molecule has 2 aromatic rings. The van der Waals surface area contributed by atoms with Crippen LogP contribution in [0.4, 0.5) is 0 Å². The molecule has 5 heteroatoms. The van der Waals surface area contributed by atoms with Crippen LogP contribution in [0.15, 0.2) is 47.6 Å². The first-order valence-electron chi connectivity index (χ1n) is 9.78. The summed E-state index contributed by atoms with van der Waals surface area (Å²) in [7, 11) is 1.97. The summed E-state index contributed by atoms with van der Waals surface area (Å²) in [5.41, 5.74) is 2.61. The third-order valence-corrected chi connectivity index (χ3v) is 5.43. The number of benzene rings is 1. The molecule has 0 bridgehead atoms. The van der Waals surface area contributed by atoms with Crippen LogP contribution in [0.25, 0.3) is 0 Å². The van der Waals surface area contributed by atoms with Crippen LogP contribution in [0.2, 0.25) is 0 Å². The van der Waals surface area contributed by atoms with Crippen LogP contribution in [-0.2, 0) is 13.6 Å². The van der Waals surface area contributed by atoms with E-state index in [0.717, 1.165) is 31.3 Å². The maximum atomic E-state index is 4.88. The van der Waals surface area contributed by atoms with Crippen molar-refractivity contribution < 1.29 is 0 Å². The van der Waals surface area contributed by atoms with Gasteiger partial charge in [-0.05, 0) is 36.8 Å². The fourth-order valence-electron chi connectivity index (χ4n) is 3.92. The van der Waals surface area contributed by atoms with Gasteiger partial charge in [0.25, 0.3) is 0 Å². The highest BCUT2D eigenvalue weighted by Crippen LogP contribution is 2.34. The van der Waals surface area contributed by atoms with Crippen molar-refractivity contribution in [2.45, 2.75) is 39.2 Å². The lowest BCUT2D eigenvalue weighted by molar-refractivity contribution is 0.215. The van der Waals surface area contributed by atoms with Gasteiger partial charge in [0.1, 0.15) is 0 Å². The first-order valence-corrected chi connectivity index (χ1v) is 9.78. The number of aliphatic imine (C=N–C) groups is 1. The zero-order chi connectivity index (χ0) is 18.4. The molecule has 26 heavy (non-hydrogen) atoms. The molecule has 1 N–H and O–H groups in total. The molecule has 2 heterocycles. The Bertz CT molecular complexity index is 706. The highest BCUT2D eigenvalue weighted by molar-refractivity contribution is 5.80. The summed E-state index contributed by atoms with van der Waals surface area (Å²) in [6.07, 6.45) is 4.20. The average Bonchev–Trinajstić information content (AvgIpc) is 3.10. The Labute approximate surface area is 157 Å². The molecule has 0 aliphatic carbocycles. The standard InChI is InChI=1S/C21H31N5/c1-4-17-16-26(14-12-20(17)18-9-7-6-8-10-18)21(22-5-2)23-15-19-11-13-24-25(19)3/h6-11,13,17,20H,4-5,12,14-16H2,1-3H3,(H,22,23). The van der Waals surface area contributed by atoms with E-state index in [1.165, 1.54) is 18.4 Å². The summed E-state index contributed by atoms with van der Waals surface area (Å²) < 4.78 is 1.89. The third-order valence-electron chi connectivity index (χ3n) is 5.43. The van der Waals surface area contributed by atoms with Gasteiger partial charge in [0.15, 0.2) is 5.96 Å². The third kappa shape index (κ3) is 4.26. The number of aryl methyl sites for hydroxylation is 1. The molecule has 0 radical (unpaired) electrons. The summed E-state index contributed by atoms with van der Waals surface area (Å²) in [6, 6.07) is 13.0. The van der Waals surface area contributed by atoms with Crippen molar-refractivity contribution in [2.75, 3.05) is 19.6 Å². The molecule has 1 aliphatic rings. The van der Waals surface area contributed by atoms with Gasteiger partial charge in [0, 0.05) is 32.9 Å². The molecule has 5 nitrogen and oxygen atoms in total. The van der Waals surface area contributed by atoms with E-state index < -0.39 is 0 Å². The molecule has 140 valence electrons. The number of hydrogen-bond donors (Lipinski definition) is 1. The molecular formula is C21H31N5. The minimum Gasteiger partial charge on any atom is -0.357 e. The number of nitrogens with one attached hydrogen (secondary N) is 1. The van der Waals surface area contributed by atoms with Crippen LogP contribution in [-0.4, -0.2) is 40.3 Å². The number of likely N-dealkylation sites (tertiary alicyclic amines) is 1. The first kappa shape index (κ1) is 18.5. The van der Waals surface area contributed by atoms with E-state index in [1.807, 2.05) is 24.0 Å². The second kappa shape index (κ2) is 8.88. The van der Waals surface area contributed by atoms with Gasteiger partial charge < -0.3 is 10.2 Å². The van der Waals surface area contributed by atoms with Crippen LogP contribution < -0.4 is 5.32 Å². The summed E-state index contributed by atoms with van der Waals surface area (Å²) in [5, 5.41) is 7.72. The predicted molar refractivity (Wildman–Crippen MR) is 107 cm³/mol. The largest absolute Gasteiger partial charge is 0.357 e. The number of rotatable bonds is 5. The highest BCUT2D eigenvalue weighted by Gasteiger charge is 2.30. The van der Waals surface area contributed by atoms with Gasteiger partial charge in [-0.15, -0.1) is 0 Å². The van der Waals surface area contributed by atoms with E-state index in [2.05, 4.69) is 59.5 Å². The van der Waals surface area contributed by atoms with Gasteiger partial charge in [-0.3, -0.25) is 4.68 Å². The summed E-state index contributed by atoms with van der Waals surface area (Å²) in [5.74, 6) is 2.34. The van der Waals surface area contributed by atoms with E-state index in [-0.39, 0.29) is 0 Å². The fraction of sp³-hybridized carbons (Fsp3) is 0.524. The van der Waals surface area contributed by atoms with Crippen molar-refractivity contribution >= 4 is 5.96 Å². The molecule has 2 unspecified atom stereocenters. The molecule has 1 fully saturated rings. The lowest BCUT2D eigenvalue weighted by atomic mass is 9.79. The normalized spacial score (nSPS) is 21.0. The van der Waals surface area contributed by atoms with Gasteiger partial charge in [0.2, 0.25) is 0 Å². The van der Waals surface area contributed by atoms with Crippen LogP contribution in [0, 0.1) is 5.92 Å². The minimum atomic E-state index is 0.650. The summed E-state index contributed by atoms with van der Waals surface area (Å²) in [4.78, 5) is 7.32. The molecule has 1 aromatic heterocycles. The maximum Gasteiger partial charge on any atom is 0.194 e. The van der Waals surface area contributed by atoms with Crippen molar-refractivity contribution in [1.82, 2.24) is 20.0 Å². The summed E-state index contributed by atoms with van der Waals surface area (Å²) >= 11 is 0. The maximum absolute atomic E-state index is 4.88. The van der Waals surface area contributed by atoms with Crippen molar-refractivity contribution in [2.24, 2.45) is 18.0 Å². The van der Waals surface area contributed by atoms with Crippen molar-refractivity contribution in [1.29, 1.82) is 0 Å². The van der Waals surface area contributed by atoms with E-state index in [4.69, 9.17) is 4.99 Å². The average molecular weight is 354 g/mol. The molecule has 2 atom stereocenters. The topological polar surface area (TPSA) is 45.5 Å². The first-order chi connectivity index (χ1) is 12.7. The Morgan fingerprint density at radius 3 is 2.69 bits per heavy atom. The lowest BCUT2D eigenvalue weighted by Crippen LogP contribution is -2.48. The van der Waals surface area contributed by atoms with Gasteiger partial charge in [-0.25, -0.2) is 4.99 Å². The van der Waals surface area contributed by atoms with Crippen molar-refractivity contribution in [3.8, 4) is 0 Å². The van der Waals surface area contributed by atoms with Gasteiger partial charge in [-0.1, -0.05) is 43.7 Å². The van der Waals surface area contributed by atoms with Crippen LogP contribution in [0.3, 0.4) is 0 Å². The van der Waals surface area contributed by atoms with Crippen molar-refractivity contribution in [3.05, 3.63) is 53.9 Å². The molecule has 1 aliphatic heterocycles. The zero-order valence-electron chi connectivity index (χ0n) is 16.2. The molecule has 0 spiro atoms. The van der Waals surface area contributed by atoms with Gasteiger partial charge >= 0.3 is 0 Å². The minimum absolute atomic E-state index is 0.650. The van der Waals surface area contributed by atoms with Gasteiger partial charge in [-0.2, -0.15) is 5.10 Å². The number of piperidine rings is 1.